The predicted octanol–water partition coefficient (Wildman–Crippen LogP) is 3.73. The van der Waals surface area contributed by atoms with Crippen molar-refractivity contribution in [1.82, 2.24) is 19.8 Å². The number of rotatable bonds is 8. The number of hydrogen-bond donors (Lipinski definition) is 1. The van der Waals surface area contributed by atoms with Gasteiger partial charge >= 0.3 is 0 Å². The van der Waals surface area contributed by atoms with Crippen molar-refractivity contribution < 1.29 is 4.79 Å². The summed E-state index contributed by atoms with van der Waals surface area (Å²) in [6.45, 7) is 6.70. The molecule has 0 atom stereocenters. The van der Waals surface area contributed by atoms with E-state index in [1.165, 1.54) is 31.5 Å². The first kappa shape index (κ1) is 22.2. The van der Waals surface area contributed by atoms with Crippen molar-refractivity contribution >= 4 is 16.8 Å². The lowest BCUT2D eigenvalue weighted by Crippen LogP contribution is -2.32. The molecular weight excluding hydrogens is 400 g/mol. The fraction of sp³-hybridized carbons (Fsp3) is 0.423. The predicted molar refractivity (Wildman–Crippen MR) is 127 cm³/mol. The first-order valence-electron chi connectivity index (χ1n) is 11.6. The largest absolute Gasteiger partial charge is 0.352 e. The third-order valence-corrected chi connectivity index (χ3v) is 6.33. The number of aryl methyl sites for hydroxylation is 1. The van der Waals surface area contributed by atoms with Crippen LogP contribution < -0.4 is 10.9 Å². The van der Waals surface area contributed by atoms with Gasteiger partial charge in [-0.05, 0) is 61.5 Å². The van der Waals surface area contributed by atoms with Crippen molar-refractivity contribution in [3.05, 3.63) is 76.3 Å². The second kappa shape index (κ2) is 10.6. The maximum Gasteiger partial charge on any atom is 0.261 e. The number of fused-ring (bicyclic) bond motifs is 1. The zero-order valence-corrected chi connectivity index (χ0v) is 18.8. The maximum atomic E-state index is 12.5. The molecule has 0 radical (unpaired) electrons. The van der Waals surface area contributed by atoms with Gasteiger partial charge in [0.25, 0.3) is 5.56 Å². The fourth-order valence-corrected chi connectivity index (χ4v) is 4.21. The lowest BCUT2D eigenvalue weighted by Gasteiger charge is -2.30. The summed E-state index contributed by atoms with van der Waals surface area (Å²) in [6, 6.07) is 15.8. The molecule has 2 heterocycles. The van der Waals surface area contributed by atoms with Gasteiger partial charge in [0.2, 0.25) is 5.91 Å². The summed E-state index contributed by atoms with van der Waals surface area (Å²) in [4.78, 5) is 31.6. The zero-order chi connectivity index (χ0) is 22.3. The molecule has 4 rings (SSSR count). The van der Waals surface area contributed by atoms with Crippen LogP contribution in [0.5, 0.6) is 0 Å². The molecule has 0 spiro atoms. The van der Waals surface area contributed by atoms with Gasteiger partial charge < -0.3 is 5.32 Å². The molecule has 6 nitrogen and oxygen atoms in total. The highest BCUT2D eigenvalue weighted by molar-refractivity contribution is 5.77. The monoisotopic (exact) mass is 432 g/mol. The molecule has 0 aliphatic carbocycles. The van der Waals surface area contributed by atoms with Gasteiger partial charge in [-0.15, -0.1) is 0 Å². The molecule has 1 fully saturated rings. The van der Waals surface area contributed by atoms with E-state index in [2.05, 4.69) is 46.4 Å². The molecule has 1 N–H and O–H groups in total. The van der Waals surface area contributed by atoms with Gasteiger partial charge in [0, 0.05) is 26.1 Å². The van der Waals surface area contributed by atoms with Crippen molar-refractivity contribution in [3.8, 4) is 0 Å². The van der Waals surface area contributed by atoms with Gasteiger partial charge in [0.15, 0.2) is 0 Å². The van der Waals surface area contributed by atoms with Crippen LogP contribution in [0.1, 0.15) is 43.7 Å². The Morgan fingerprint density at radius 1 is 1.06 bits per heavy atom. The SMILES string of the molecule is CC1CCN(Cc2ccc(CNC(=O)CCCn3cnc4ccccc4c3=O)cc2)CC1. The Kier molecular flexibility index (Phi) is 7.32. The highest BCUT2D eigenvalue weighted by atomic mass is 16.1. The molecule has 32 heavy (non-hydrogen) atoms. The number of piperidine rings is 1. The number of carbonyl (C=O) groups is 1. The van der Waals surface area contributed by atoms with Gasteiger partial charge in [-0.1, -0.05) is 43.3 Å². The number of likely N-dealkylation sites (tertiary alicyclic amines) is 1. The quantitative estimate of drug-likeness (QED) is 0.589. The smallest absolute Gasteiger partial charge is 0.261 e. The van der Waals surface area contributed by atoms with E-state index in [1.54, 1.807) is 17.0 Å². The number of amides is 1. The van der Waals surface area contributed by atoms with E-state index >= 15 is 0 Å². The van der Waals surface area contributed by atoms with Crippen molar-refractivity contribution in [1.29, 1.82) is 0 Å². The van der Waals surface area contributed by atoms with Crippen molar-refractivity contribution in [3.63, 3.8) is 0 Å². The average Bonchev–Trinajstić information content (AvgIpc) is 2.82. The van der Waals surface area contributed by atoms with Gasteiger partial charge in [0.05, 0.1) is 17.2 Å². The number of nitrogens with one attached hydrogen (secondary N) is 1. The Morgan fingerprint density at radius 3 is 2.56 bits per heavy atom. The van der Waals surface area contributed by atoms with E-state index in [-0.39, 0.29) is 11.5 Å². The molecule has 0 bridgehead atoms. The van der Waals surface area contributed by atoms with Crippen LogP contribution in [-0.2, 0) is 24.4 Å². The molecule has 6 heteroatoms. The summed E-state index contributed by atoms with van der Waals surface area (Å²) in [7, 11) is 0. The molecule has 1 aliphatic heterocycles. The first-order valence-corrected chi connectivity index (χ1v) is 11.6. The summed E-state index contributed by atoms with van der Waals surface area (Å²) in [5.41, 5.74) is 3.06. The summed E-state index contributed by atoms with van der Waals surface area (Å²) < 4.78 is 1.58. The minimum Gasteiger partial charge on any atom is -0.352 e. The normalized spacial score (nSPS) is 15.2. The number of para-hydroxylation sites is 1. The van der Waals surface area contributed by atoms with Gasteiger partial charge in [-0.25, -0.2) is 4.98 Å². The minimum atomic E-state index is -0.0600. The third kappa shape index (κ3) is 5.82. The Morgan fingerprint density at radius 2 is 1.78 bits per heavy atom. The van der Waals surface area contributed by atoms with E-state index in [0.717, 1.165) is 18.0 Å². The lowest BCUT2D eigenvalue weighted by molar-refractivity contribution is -0.121. The van der Waals surface area contributed by atoms with Gasteiger partial charge in [0.1, 0.15) is 0 Å². The summed E-state index contributed by atoms with van der Waals surface area (Å²) in [6.07, 6.45) is 5.12. The molecule has 168 valence electrons. The van der Waals surface area contributed by atoms with Crippen LogP contribution in [0.4, 0.5) is 0 Å². The molecule has 0 unspecified atom stereocenters. The van der Waals surface area contributed by atoms with E-state index in [1.807, 2.05) is 18.2 Å². The molecule has 1 aliphatic rings. The number of aromatic nitrogens is 2. The van der Waals surface area contributed by atoms with Crippen molar-refractivity contribution in [2.45, 2.75) is 52.2 Å². The van der Waals surface area contributed by atoms with Crippen LogP contribution in [0.15, 0.2) is 59.7 Å². The zero-order valence-electron chi connectivity index (χ0n) is 18.8. The second-order valence-corrected chi connectivity index (χ2v) is 8.92. The number of carbonyl (C=O) groups excluding carboxylic acids is 1. The Balaban J connectivity index is 1.20. The topological polar surface area (TPSA) is 67.2 Å². The van der Waals surface area contributed by atoms with E-state index < -0.39 is 0 Å². The van der Waals surface area contributed by atoms with Crippen LogP contribution >= 0.6 is 0 Å². The molecule has 1 amide bonds. The highest BCUT2D eigenvalue weighted by Gasteiger charge is 2.15. The lowest BCUT2D eigenvalue weighted by atomic mass is 9.99. The van der Waals surface area contributed by atoms with Crippen LogP contribution in [0, 0.1) is 5.92 Å². The molecule has 3 aromatic rings. The number of nitrogens with zero attached hydrogens (tertiary/aromatic N) is 3. The maximum absolute atomic E-state index is 12.5. The first-order chi connectivity index (χ1) is 15.6. The standard InChI is InChI=1S/C26H32N4O2/c1-20-12-15-29(16-13-20)18-22-10-8-21(9-11-22)17-27-25(31)7-4-14-30-19-28-24-6-3-2-5-23(24)26(30)32/h2-3,5-6,8-11,19-20H,4,7,12-18H2,1H3,(H,27,31). The minimum absolute atomic E-state index is 0.00156. The molecular formula is C26H32N4O2. The van der Waals surface area contributed by atoms with Crippen molar-refractivity contribution in [2.24, 2.45) is 5.92 Å². The van der Waals surface area contributed by atoms with Crippen molar-refractivity contribution in [2.75, 3.05) is 13.1 Å². The van der Waals surface area contributed by atoms with E-state index in [0.29, 0.717) is 36.8 Å². The Labute approximate surface area is 189 Å². The average molecular weight is 433 g/mol. The van der Waals surface area contributed by atoms with Gasteiger partial charge in [-0.3, -0.25) is 19.1 Å². The number of benzene rings is 2. The molecule has 0 saturated carbocycles. The third-order valence-electron chi connectivity index (χ3n) is 6.33. The Hall–Kier alpha value is -2.99. The van der Waals surface area contributed by atoms with E-state index in [9.17, 15) is 9.59 Å². The summed E-state index contributed by atoms with van der Waals surface area (Å²) in [5, 5.41) is 3.59. The summed E-state index contributed by atoms with van der Waals surface area (Å²) in [5.74, 6) is 0.848. The summed E-state index contributed by atoms with van der Waals surface area (Å²) >= 11 is 0. The second-order valence-electron chi connectivity index (χ2n) is 8.92. The van der Waals surface area contributed by atoms with Crippen LogP contribution in [-0.4, -0.2) is 33.4 Å². The number of hydrogen-bond acceptors (Lipinski definition) is 4. The van der Waals surface area contributed by atoms with Crippen LogP contribution in [0.3, 0.4) is 0 Å². The molecule has 1 aromatic heterocycles. The van der Waals surface area contributed by atoms with Crippen LogP contribution in [0.2, 0.25) is 0 Å². The van der Waals surface area contributed by atoms with Gasteiger partial charge in [-0.2, -0.15) is 0 Å². The fourth-order valence-electron chi connectivity index (χ4n) is 4.21. The highest BCUT2D eigenvalue weighted by Crippen LogP contribution is 2.18. The molecule has 1 saturated heterocycles. The Bertz CT molecular complexity index is 1100. The van der Waals surface area contributed by atoms with E-state index in [4.69, 9.17) is 0 Å². The molecule has 2 aromatic carbocycles. The van der Waals surface area contributed by atoms with Crippen LogP contribution in [0.25, 0.3) is 10.9 Å².